The molecule has 0 radical (unpaired) electrons. The summed E-state index contributed by atoms with van der Waals surface area (Å²) in [6, 6.07) is 10.7. The molecule has 0 spiro atoms. The number of nitrogens with zero attached hydrogens (tertiary/aromatic N) is 1. The van der Waals surface area contributed by atoms with Gasteiger partial charge < -0.3 is 20.2 Å². The Kier molecular flexibility index (Phi) is 4.72. The van der Waals surface area contributed by atoms with Crippen molar-refractivity contribution in [3.63, 3.8) is 0 Å². The number of pyridine rings is 1. The third-order valence-corrected chi connectivity index (χ3v) is 3.66. The molecule has 0 bridgehead atoms. The van der Waals surface area contributed by atoms with Crippen LogP contribution < -0.4 is 4.89 Å². The molecule has 132 valence electrons. The second-order valence-corrected chi connectivity index (χ2v) is 5.41. The molecule has 0 atom stereocenters. The molecular weight excluding hydrogens is 338 g/mol. The van der Waals surface area contributed by atoms with Crippen LogP contribution in [-0.4, -0.2) is 33.4 Å². The molecule has 7 heteroatoms. The minimum Gasteiger partial charge on any atom is -0.504 e. The van der Waals surface area contributed by atoms with Crippen molar-refractivity contribution < 1.29 is 29.9 Å². The van der Waals surface area contributed by atoms with Crippen LogP contribution in [0.25, 0.3) is 23.1 Å². The average Bonchev–Trinajstić information content (AvgIpc) is 2.62. The zero-order valence-corrected chi connectivity index (χ0v) is 13.7. The summed E-state index contributed by atoms with van der Waals surface area (Å²) in [5.74, 6) is -1.28. The first-order valence-electron chi connectivity index (χ1n) is 7.57. The third kappa shape index (κ3) is 3.57. The van der Waals surface area contributed by atoms with Gasteiger partial charge in [0.1, 0.15) is 0 Å². The van der Waals surface area contributed by atoms with E-state index in [1.54, 1.807) is 36.4 Å². The quantitative estimate of drug-likeness (QED) is 0.366. The van der Waals surface area contributed by atoms with Crippen molar-refractivity contribution in [1.82, 2.24) is 4.98 Å². The number of carbonyl (C=O) groups is 1. The Balaban J connectivity index is 2.00. The van der Waals surface area contributed by atoms with Crippen molar-refractivity contribution in [1.29, 1.82) is 0 Å². The molecule has 0 aliphatic rings. The number of aromatic nitrogens is 1. The standard InChI is InChI=1S/C19H15NO6/c1-25-26-13-9-15(19(23)24)14-6-5-12(20-16(14)10-13)4-2-11-3-7-17(21)18(22)8-11/h2-10,21-22H,1H3,(H,23,24). The van der Waals surface area contributed by atoms with Gasteiger partial charge in [0.25, 0.3) is 0 Å². The van der Waals surface area contributed by atoms with Crippen molar-refractivity contribution in [3.05, 3.63) is 59.3 Å². The van der Waals surface area contributed by atoms with Crippen LogP contribution in [0.5, 0.6) is 17.2 Å². The van der Waals surface area contributed by atoms with Gasteiger partial charge >= 0.3 is 5.97 Å². The summed E-state index contributed by atoms with van der Waals surface area (Å²) in [6.07, 6.45) is 3.41. The maximum Gasteiger partial charge on any atom is 0.336 e. The van der Waals surface area contributed by atoms with E-state index in [1.807, 2.05) is 0 Å². The van der Waals surface area contributed by atoms with E-state index < -0.39 is 5.97 Å². The largest absolute Gasteiger partial charge is 0.504 e. The Morgan fingerprint density at radius 3 is 2.54 bits per heavy atom. The van der Waals surface area contributed by atoms with E-state index in [0.29, 0.717) is 22.2 Å². The van der Waals surface area contributed by atoms with Crippen LogP contribution in [0, 0.1) is 0 Å². The predicted octanol–water partition coefficient (Wildman–Crippen LogP) is 3.45. The van der Waals surface area contributed by atoms with Crippen molar-refractivity contribution in [2.45, 2.75) is 0 Å². The fourth-order valence-corrected chi connectivity index (χ4v) is 2.46. The molecule has 0 saturated heterocycles. The van der Waals surface area contributed by atoms with E-state index >= 15 is 0 Å². The van der Waals surface area contributed by atoms with Gasteiger partial charge in [-0.1, -0.05) is 12.1 Å². The van der Waals surface area contributed by atoms with Crippen LogP contribution in [0.15, 0.2) is 42.5 Å². The second kappa shape index (κ2) is 7.12. The Labute approximate surface area is 148 Å². The molecule has 3 N–H and O–H groups in total. The number of carboxylic acid groups (broad SMARTS) is 1. The molecule has 0 aliphatic heterocycles. The molecule has 0 amide bonds. The van der Waals surface area contributed by atoms with Gasteiger partial charge in [-0.2, -0.15) is 4.89 Å². The fourth-order valence-electron chi connectivity index (χ4n) is 2.46. The summed E-state index contributed by atoms with van der Waals surface area (Å²) in [6.45, 7) is 0. The number of phenols is 2. The minimum atomic E-state index is -1.10. The van der Waals surface area contributed by atoms with E-state index in [9.17, 15) is 20.1 Å². The summed E-state index contributed by atoms with van der Waals surface area (Å²) in [5.41, 5.74) is 1.74. The number of rotatable bonds is 5. The number of benzene rings is 2. The number of aromatic hydroxyl groups is 2. The first-order chi connectivity index (χ1) is 12.5. The maximum absolute atomic E-state index is 11.4. The summed E-state index contributed by atoms with van der Waals surface area (Å²) >= 11 is 0. The van der Waals surface area contributed by atoms with E-state index in [-0.39, 0.29) is 22.8 Å². The van der Waals surface area contributed by atoms with Gasteiger partial charge in [0.2, 0.25) is 0 Å². The summed E-state index contributed by atoms with van der Waals surface area (Å²) in [7, 11) is 1.32. The molecule has 0 fully saturated rings. The highest BCUT2D eigenvalue weighted by atomic mass is 17.2. The summed E-state index contributed by atoms with van der Waals surface area (Å²) < 4.78 is 0. The number of aromatic carboxylic acids is 1. The Morgan fingerprint density at radius 2 is 1.85 bits per heavy atom. The van der Waals surface area contributed by atoms with Crippen LogP contribution in [0.4, 0.5) is 0 Å². The smallest absolute Gasteiger partial charge is 0.336 e. The highest BCUT2D eigenvalue weighted by molar-refractivity contribution is 6.03. The molecule has 1 heterocycles. The molecule has 0 unspecified atom stereocenters. The fraction of sp³-hybridized carbons (Fsp3) is 0.0526. The molecule has 2 aromatic carbocycles. The number of hydrogen-bond donors (Lipinski definition) is 3. The molecule has 26 heavy (non-hydrogen) atoms. The third-order valence-electron chi connectivity index (χ3n) is 3.66. The lowest BCUT2D eigenvalue weighted by molar-refractivity contribution is -0.178. The molecule has 0 aliphatic carbocycles. The van der Waals surface area contributed by atoms with Crippen LogP contribution in [0.3, 0.4) is 0 Å². The lowest BCUT2D eigenvalue weighted by atomic mass is 10.1. The topological polar surface area (TPSA) is 109 Å². The minimum absolute atomic E-state index is 0.0565. The van der Waals surface area contributed by atoms with Crippen molar-refractivity contribution in [2.24, 2.45) is 0 Å². The van der Waals surface area contributed by atoms with Gasteiger partial charge in [-0.25, -0.2) is 9.78 Å². The van der Waals surface area contributed by atoms with E-state index in [0.717, 1.165) is 0 Å². The van der Waals surface area contributed by atoms with Gasteiger partial charge in [0.15, 0.2) is 17.2 Å². The number of phenolic OH excluding ortho intramolecular Hbond substituents is 2. The number of carboxylic acids is 1. The number of hydrogen-bond acceptors (Lipinski definition) is 6. The first kappa shape index (κ1) is 17.2. The highest BCUT2D eigenvalue weighted by Crippen LogP contribution is 2.27. The zero-order chi connectivity index (χ0) is 18.7. The van der Waals surface area contributed by atoms with E-state index in [1.165, 1.54) is 25.3 Å². The Hall–Kier alpha value is -3.58. The van der Waals surface area contributed by atoms with Crippen LogP contribution >= 0.6 is 0 Å². The highest BCUT2D eigenvalue weighted by Gasteiger charge is 2.13. The monoisotopic (exact) mass is 353 g/mol. The summed E-state index contributed by atoms with van der Waals surface area (Å²) in [4.78, 5) is 25.4. The molecule has 3 aromatic rings. The second-order valence-electron chi connectivity index (χ2n) is 5.41. The summed E-state index contributed by atoms with van der Waals surface area (Å²) in [5, 5.41) is 28.7. The Bertz CT molecular complexity index is 1010. The van der Waals surface area contributed by atoms with Crippen LogP contribution in [-0.2, 0) is 4.89 Å². The van der Waals surface area contributed by atoms with Gasteiger partial charge in [0, 0.05) is 11.5 Å². The maximum atomic E-state index is 11.4. The Morgan fingerprint density at radius 1 is 1.04 bits per heavy atom. The van der Waals surface area contributed by atoms with Gasteiger partial charge in [0.05, 0.1) is 23.9 Å². The normalized spacial score (nSPS) is 11.1. The first-order valence-corrected chi connectivity index (χ1v) is 7.57. The van der Waals surface area contributed by atoms with Crippen molar-refractivity contribution in [3.8, 4) is 17.2 Å². The van der Waals surface area contributed by atoms with Gasteiger partial charge in [-0.05, 0) is 42.0 Å². The van der Waals surface area contributed by atoms with Crippen molar-refractivity contribution >= 4 is 29.0 Å². The molecule has 3 rings (SSSR count). The molecule has 0 saturated carbocycles. The molecule has 1 aromatic heterocycles. The van der Waals surface area contributed by atoms with Crippen LogP contribution in [0.1, 0.15) is 21.6 Å². The SMILES string of the molecule is COOc1cc(C(=O)O)c2ccc(C=Cc3ccc(O)c(O)c3)nc2c1. The van der Waals surface area contributed by atoms with Gasteiger partial charge in [-0.15, -0.1) is 0 Å². The molecule has 7 nitrogen and oxygen atoms in total. The lowest BCUT2D eigenvalue weighted by Crippen LogP contribution is -2.01. The molecular formula is C19H15NO6. The van der Waals surface area contributed by atoms with Crippen LogP contribution in [0.2, 0.25) is 0 Å². The average molecular weight is 353 g/mol. The lowest BCUT2D eigenvalue weighted by Gasteiger charge is -2.07. The van der Waals surface area contributed by atoms with Gasteiger partial charge in [-0.3, -0.25) is 0 Å². The zero-order valence-electron chi connectivity index (χ0n) is 13.7. The predicted molar refractivity (Wildman–Crippen MR) is 95.0 cm³/mol. The number of fused-ring (bicyclic) bond motifs is 1. The van der Waals surface area contributed by atoms with E-state index in [2.05, 4.69) is 9.87 Å². The van der Waals surface area contributed by atoms with Crippen molar-refractivity contribution in [2.75, 3.05) is 7.11 Å². The van der Waals surface area contributed by atoms with E-state index in [4.69, 9.17) is 4.89 Å².